The second kappa shape index (κ2) is 15.1. The van der Waals surface area contributed by atoms with Crippen LogP contribution in [0.4, 0.5) is 42.1 Å². The Morgan fingerprint density at radius 2 is 1.65 bits per heavy atom. The van der Waals surface area contributed by atoms with E-state index in [1.807, 2.05) is 36.4 Å². The molecular formula is C34H37F3N10O4S. The van der Waals surface area contributed by atoms with Crippen LogP contribution in [0.2, 0.25) is 0 Å². The number of benzene rings is 2. The number of aromatic nitrogens is 4. The van der Waals surface area contributed by atoms with Crippen LogP contribution in [-0.2, 0) is 38.9 Å². The van der Waals surface area contributed by atoms with Gasteiger partial charge in [0.25, 0.3) is 0 Å². The van der Waals surface area contributed by atoms with Crippen molar-refractivity contribution in [2.24, 2.45) is 0 Å². The van der Waals surface area contributed by atoms with Crippen molar-refractivity contribution in [1.29, 1.82) is 0 Å². The molecule has 14 nitrogen and oxygen atoms in total. The zero-order valence-corrected chi connectivity index (χ0v) is 29.2. The van der Waals surface area contributed by atoms with Crippen molar-refractivity contribution >= 4 is 50.8 Å². The molecule has 2 aliphatic rings. The Labute approximate surface area is 298 Å². The van der Waals surface area contributed by atoms with Gasteiger partial charge in [0.05, 0.1) is 18.7 Å². The Hall–Kier alpha value is -5.36. The summed E-state index contributed by atoms with van der Waals surface area (Å²) >= 11 is 0. The number of carbonyl (C=O) groups excluding carboxylic acids is 2. The molecule has 2 aromatic carbocycles. The van der Waals surface area contributed by atoms with Crippen molar-refractivity contribution in [2.75, 3.05) is 59.3 Å². The molecule has 1 unspecified atom stereocenters. The minimum absolute atomic E-state index is 0.0294. The molecule has 4 heterocycles. The van der Waals surface area contributed by atoms with Crippen molar-refractivity contribution in [1.82, 2.24) is 30.2 Å². The van der Waals surface area contributed by atoms with Crippen LogP contribution < -0.4 is 25.2 Å². The minimum Gasteiger partial charge on any atom is -0.369 e. The number of nitrogens with zero attached hydrogens (tertiary/aromatic N) is 7. The lowest BCUT2D eigenvalue weighted by Crippen LogP contribution is -2.45. The Bertz CT molecular complexity index is 2020. The zero-order valence-electron chi connectivity index (χ0n) is 28.4. The highest BCUT2D eigenvalue weighted by atomic mass is 32.2. The number of anilines is 5. The Morgan fingerprint density at radius 1 is 0.962 bits per heavy atom. The molecule has 0 spiro atoms. The number of piperidine rings is 1. The van der Waals surface area contributed by atoms with E-state index in [1.165, 1.54) is 19.4 Å². The second-order valence-corrected chi connectivity index (χ2v) is 14.6. The predicted molar refractivity (Wildman–Crippen MR) is 188 cm³/mol. The lowest BCUT2D eigenvalue weighted by atomic mass is 9.90. The zero-order chi connectivity index (χ0) is 37.0. The summed E-state index contributed by atoms with van der Waals surface area (Å²) in [5, 5.41) is 7.99. The number of halogens is 3. The van der Waals surface area contributed by atoms with Crippen LogP contribution in [0.25, 0.3) is 0 Å². The first kappa shape index (κ1) is 36.4. The maximum absolute atomic E-state index is 13.9. The van der Waals surface area contributed by atoms with Gasteiger partial charge in [-0.05, 0) is 41.8 Å². The van der Waals surface area contributed by atoms with Crippen LogP contribution in [0, 0.1) is 0 Å². The highest BCUT2D eigenvalue weighted by molar-refractivity contribution is 7.92. The number of amides is 2. The number of hydrogen-bond acceptors (Lipinski definition) is 12. The molecular weight excluding hydrogens is 702 g/mol. The number of sulfonamides is 1. The van der Waals surface area contributed by atoms with Gasteiger partial charge in [0.2, 0.25) is 27.8 Å². The normalized spacial score (nSPS) is 17.1. The molecule has 52 heavy (non-hydrogen) atoms. The third-order valence-corrected chi connectivity index (χ3v) is 10.1. The third kappa shape index (κ3) is 8.74. The predicted octanol–water partition coefficient (Wildman–Crippen LogP) is 3.88. The Morgan fingerprint density at radius 3 is 2.31 bits per heavy atom. The fourth-order valence-electron chi connectivity index (χ4n) is 6.03. The summed E-state index contributed by atoms with van der Waals surface area (Å²) in [6, 6.07) is 15.4. The van der Waals surface area contributed by atoms with Gasteiger partial charge >= 0.3 is 6.18 Å². The molecule has 274 valence electrons. The number of alkyl halides is 3. The van der Waals surface area contributed by atoms with E-state index in [-0.39, 0.29) is 41.7 Å². The maximum Gasteiger partial charge on any atom is 0.421 e. The molecule has 2 aromatic heterocycles. The van der Waals surface area contributed by atoms with Crippen LogP contribution in [0.3, 0.4) is 0 Å². The van der Waals surface area contributed by atoms with Gasteiger partial charge < -0.3 is 15.5 Å². The van der Waals surface area contributed by atoms with E-state index in [0.717, 1.165) is 60.1 Å². The molecule has 6 rings (SSSR count). The number of rotatable bonds is 11. The van der Waals surface area contributed by atoms with Gasteiger partial charge in [0, 0.05) is 76.2 Å². The van der Waals surface area contributed by atoms with Crippen LogP contribution in [0.5, 0.6) is 0 Å². The van der Waals surface area contributed by atoms with Crippen molar-refractivity contribution in [2.45, 2.75) is 38.0 Å². The summed E-state index contributed by atoms with van der Waals surface area (Å²) in [6.07, 6.45) is 0.362. The van der Waals surface area contributed by atoms with Gasteiger partial charge in [-0.15, -0.1) is 0 Å². The molecule has 4 aromatic rings. The van der Waals surface area contributed by atoms with Crippen molar-refractivity contribution < 1.29 is 31.2 Å². The van der Waals surface area contributed by atoms with Gasteiger partial charge in [-0.25, -0.2) is 18.4 Å². The van der Waals surface area contributed by atoms with Gasteiger partial charge in [-0.2, -0.15) is 18.2 Å². The van der Waals surface area contributed by atoms with E-state index in [2.05, 4.69) is 45.7 Å². The molecule has 0 bridgehead atoms. The average Bonchev–Trinajstić information content (AvgIpc) is 3.11. The van der Waals surface area contributed by atoms with E-state index in [9.17, 15) is 31.2 Å². The number of piperazine rings is 1. The average molecular weight is 739 g/mol. The van der Waals surface area contributed by atoms with Crippen molar-refractivity contribution in [3.8, 4) is 0 Å². The SMILES string of the molecule is CN(c1nccnc1CNc1nc(Nc2ccc(N3CCN(Cc4ccc(C5CCC(=O)NC5=O)cc4)CC3)cc2)ncc1C(F)(F)F)S(C)(=O)=O. The monoisotopic (exact) mass is 738 g/mol. The molecule has 18 heteroatoms. The highest BCUT2D eigenvalue weighted by Crippen LogP contribution is 2.35. The summed E-state index contributed by atoms with van der Waals surface area (Å²) in [4.78, 5) is 44.4. The van der Waals surface area contributed by atoms with Crippen LogP contribution in [0.1, 0.15) is 41.1 Å². The molecule has 0 aliphatic carbocycles. The summed E-state index contributed by atoms with van der Waals surface area (Å²) in [6.45, 7) is 3.75. The minimum atomic E-state index is -4.76. The highest BCUT2D eigenvalue weighted by Gasteiger charge is 2.35. The van der Waals surface area contributed by atoms with Gasteiger partial charge in [-0.3, -0.25) is 29.1 Å². The van der Waals surface area contributed by atoms with Crippen molar-refractivity contribution in [3.05, 3.63) is 89.5 Å². The molecule has 3 N–H and O–H groups in total. The van der Waals surface area contributed by atoms with Gasteiger partial charge in [-0.1, -0.05) is 24.3 Å². The molecule has 2 saturated heterocycles. The quantitative estimate of drug-likeness (QED) is 0.191. The first-order valence-corrected chi connectivity index (χ1v) is 18.3. The summed E-state index contributed by atoms with van der Waals surface area (Å²) in [5.74, 6) is -1.39. The smallest absolute Gasteiger partial charge is 0.369 e. The van der Waals surface area contributed by atoms with E-state index in [4.69, 9.17) is 0 Å². The lowest BCUT2D eigenvalue weighted by Gasteiger charge is -2.36. The standard InChI is InChI=1S/C34H37F3N10O4S/c1-45(52(2,50)51)31-28(38-13-14-39-31)20-40-30-27(34(35,36)37)19-41-33(44-30)42-24-7-9-25(10-8-24)47-17-15-46(16-18-47)21-22-3-5-23(6-4-22)26-11-12-29(48)43-32(26)49/h3-10,13-14,19,26H,11-12,15-18,20-21H2,1-2H3,(H,43,48,49)(H2,40,41,42,44). The second-order valence-electron chi connectivity index (χ2n) is 12.5. The topological polar surface area (TPSA) is 166 Å². The van der Waals surface area contributed by atoms with Crippen LogP contribution in [-0.4, -0.2) is 84.6 Å². The summed E-state index contributed by atoms with van der Waals surface area (Å²) < 4.78 is 66.6. The molecule has 0 saturated carbocycles. The first-order valence-electron chi connectivity index (χ1n) is 16.4. The van der Waals surface area contributed by atoms with Crippen molar-refractivity contribution in [3.63, 3.8) is 0 Å². The fraction of sp³-hybridized carbons (Fsp3) is 0.353. The van der Waals surface area contributed by atoms with E-state index in [1.54, 1.807) is 12.1 Å². The summed E-state index contributed by atoms with van der Waals surface area (Å²) in [5.41, 5.74) is 2.62. The first-order chi connectivity index (χ1) is 24.7. The van der Waals surface area contributed by atoms with Crippen LogP contribution >= 0.6 is 0 Å². The van der Waals surface area contributed by atoms with Gasteiger partial charge in [0.1, 0.15) is 17.1 Å². The molecule has 1 atom stereocenters. The number of carbonyl (C=O) groups is 2. The molecule has 2 amide bonds. The fourth-order valence-corrected chi connectivity index (χ4v) is 6.50. The maximum atomic E-state index is 13.9. The largest absolute Gasteiger partial charge is 0.421 e. The number of nitrogens with one attached hydrogen (secondary N) is 3. The third-order valence-electron chi connectivity index (χ3n) is 8.95. The number of imide groups is 1. The van der Waals surface area contributed by atoms with E-state index >= 15 is 0 Å². The molecule has 2 aliphatic heterocycles. The van der Waals surface area contributed by atoms with E-state index in [0.29, 0.717) is 24.7 Å². The van der Waals surface area contributed by atoms with E-state index < -0.39 is 27.6 Å². The molecule has 2 fully saturated rings. The Balaban J connectivity index is 1.05. The van der Waals surface area contributed by atoms with Crippen LogP contribution in [0.15, 0.2) is 67.1 Å². The summed E-state index contributed by atoms with van der Waals surface area (Å²) in [7, 11) is -2.42. The van der Waals surface area contributed by atoms with Gasteiger partial charge in [0.15, 0.2) is 5.82 Å². The molecule has 0 radical (unpaired) electrons. The Kier molecular flexibility index (Phi) is 10.6. The number of hydrogen-bond donors (Lipinski definition) is 3. The lowest BCUT2D eigenvalue weighted by molar-refractivity contribution is -0.137.